The standard InChI is InChI=1S/C18H24N6OS.2ClH/c25-16(14-9-18(12-23-14)2-5-19-6-3-18)22-4-1-13-11-26-17(24-13)15-10-20-7-8-21-15;;/h7-8,10-11,14,19,23H,1-6,9,12H2,(H,22,25);2*1H. The number of carbonyl (C=O) groups excluding carboxylic acids is 1. The summed E-state index contributed by atoms with van der Waals surface area (Å²) >= 11 is 1.56. The van der Waals surface area contributed by atoms with Crippen LogP contribution < -0.4 is 16.0 Å². The molecule has 1 atom stereocenters. The Hall–Kier alpha value is -1.32. The van der Waals surface area contributed by atoms with E-state index in [4.69, 9.17) is 0 Å². The minimum atomic E-state index is -0.0568. The molecule has 7 nitrogen and oxygen atoms in total. The number of thiazole rings is 1. The van der Waals surface area contributed by atoms with Crippen LogP contribution in [-0.4, -0.2) is 53.1 Å². The Morgan fingerprint density at radius 1 is 1.29 bits per heavy atom. The van der Waals surface area contributed by atoms with Crippen LogP contribution in [0.2, 0.25) is 0 Å². The van der Waals surface area contributed by atoms with Crippen molar-refractivity contribution in [3.05, 3.63) is 29.7 Å². The summed E-state index contributed by atoms with van der Waals surface area (Å²) in [6.45, 7) is 3.69. The van der Waals surface area contributed by atoms with E-state index in [-0.39, 0.29) is 36.8 Å². The number of piperidine rings is 1. The summed E-state index contributed by atoms with van der Waals surface area (Å²) in [5.41, 5.74) is 2.08. The molecule has 28 heavy (non-hydrogen) atoms. The number of nitrogens with one attached hydrogen (secondary N) is 3. The third kappa shape index (κ3) is 5.39. The molecule has 2 aromatic heterocycles. The lowest BCUT2D eigenvalue weighted by molar-refractivity contribution is -0.122. The molecule has 2 aliphatic rings. The molecular formula is C18H26Cl2N6OS. The molecule has 2 fully saturated rings. The van der Waals surface area contributed by atoms with Crippen LogP contribution in [0.15, 0.2) is 24.0 Å². The first kappa shape index (κ1) is 23.0. The molecule has 0 aromatic carbocycles. The Morgan fingerprint density at radius 3 is 2.86 bits per heavy atom. The highest BCUT2D eigenvalue weighted by molar-refractivity contribution is 7.13. The molecule has 1 unspecified atom stereocenters. The van der Waals surface area contributed by atoms with Gasteiger partial charge >= 0.3 is 0 Å². The predicted molar refractivity (Wildman–Crippen MR) is 115 cm³/mol. The van der Waals surface area contributed by atoms with E-state index in [0.717, 1.165) is 61.7 Å². The maximum atomic E-state index is 12.5. The second-order valence-electron chi connectivity index (χ2n) is 7.16. The smallest absolute Gasteiger partial charge is 0.237 e. The molecule has 2 aliphatic heterocycles. The van der Waals surface area contributed by atoms with E-state index in [1.54, 1.807) is 29.9 Å². The number of rotatable bonds is 5. The molecule has 1 spiro atoms. The van der Waals surface area contributed by atoms with Crippen molar-refractivity contribution in [2.75, 3.05) is 26.2 Å². The molecule has 2 aromatic rings. The Bertz CT molecular complexity index is 754. The number of nitrogens with zero attached hydrogens (tertiary/aromatic N) is 3. The van der Waals surface area contributed by atoms with Crippen molar-refractivity contribution in [1.29, 1.82) is 0 Å². The monoisotopic (exact) mass is 444 g/mol. The van der Waals surface area contributed by atoms with Crippen molar-refractivity contribution in [1.82, 2.24) is 30.9 Å². The van der Waals surface area contributed by atoms with Gasteiger partial charge in [-0.2, -0.15) is 0 Å². The zero-order valence-electron chi connectivity index (χ0n) is 15.5. The van der Waals surface area contributed by atoms with Crippen LogP contribution in [-0.2, 0) is 11.2 Å². The van der Waals surface area contributed by atoms with Crippen LogP contribution in [0.3, 0.4) is 0 Å². The van der Waals surface area contributed by atoms with E-state index in [1.807, 2.05) is 5.38 Å². The van der Waals surface area contributed by atoms with Crippen molar-refractivity contribution in [2.24, 2.45) is 5.41 Å². The van der Waals surface area contributed by atoms with Crippen molar-refractivity contribution in [3.63, 3.8) is 0 Å². The first-order valence-corrected chi connectivity index (χ1v) is 10.0. The second-order valence-corrected chi connectivity index (χ2v) is 8.02. The normalized spacial score (nSPS) is 20.2. The van der Waals surface area contributed by atoms with Gasteiger partial charge in [0, 0.05) is 37.3 Å². The third-order valence-electron chi connectivity index (χ3n) is 5.36. The summed E-state index contributed by atoms with van der Waals surface area (Å²) in [4.78, 5) is 25.4. The molecule has 0 aliphatic carbocycles. The van der Waals surface area contributed by atoms with Crippen molar-refractivity contribution in [3.8, 4) is 10.7 Å². The lowest BCUT2D eigenvalue weighted by Gasteiger charge is -2.33. The fourth-order valence-corrected chi connectivity index (χ4v) is 4.64. The lowest BCUT2D eigenvalue weighted by atomic mass is 9.77. The van der Waals surface area contributed by atoms with E-state index in [2.05, 4.69) is 30.9 Å². The van der Waals surface area contributed by atoms with Crippen molar-refractivity contribution in [2.45, 2.75) is 31.7 Å². The number of hydrogen-bond donors (Lipinski definition) is 3. The minimum absolute atomic E-state index is 0. The summed E-state index contributed by atoms with van der Waals surface area (Å²) in [6, 6.07) is -0.0568. The van der Waals surface area contributed by atoms with E-state index in [0.29, 0.717) is 12.0 Å². The van der Waals surface area contributed by atoms with Gasteiger partial charge in [0.2, 0.25) is 5.91 Å². The zero-order chi connectivity index (χ0) is 17.8. The van der Waals surface area contributed by atoms with E-state index in [1.165, 1.54) is 0 Å². The molecule has 0 bridgehead atoms. The van der Waals surface area contributed by atoms with Crippen LogP contribution in [0.1, 0.15) is 25.0 Å². The number of halogens is 2. The molecule has 10 heteroatoms. The van der Waals surface area contributed by atoms with Crippen LogP contribution in [0.5, 0.6) is 0 Å². The van der Waals surface area contributed by atoms with Gasteiger partial charge in [-0.25, -0.2) is 4.98 Å². The summed E-state index contributed by atoms with van der Waals surface area (Å²) in [7, 11) is 0. The molecular weight excluding hydrogens is 419 g/mol. The van der Waals surface area contributed by atoms with Gasteiger partial charge in [0.1, 0.15) is 10.7 Å². The van der Waals surface area contributed by atoms with Crippen molar-refractivity contribution < 1.29 is 4.79 Å². The second kappa shape index (κ2) is 10.5. The highest BCUT2D eigenvalue weighted by Crippen LogP contribution is 2.37. The number of hydrogen-bond acceptors (Lipinski definition) is 7. The van der Waals surface area contributed by atoms with Crippen molar-refractivity contribution >= 4 is 42.1 Å². The summed E-state index contributed by atoms with van der Waals surface area (Å²) < 4.78 is 0. The SMILES string of the molecule is Cl.Cl.O=C(NCCc1csc(-c2cnccn2)n1)C1CC2(CCNCC2)CN1. The number of carbonyl (C=O) groups is 1. The maximum absolute atomic E-state index is 12.5. The number of amides is 1. The summed E-state index contributed by atoms with van der Waals surface area (Å²) in [6.07, 6.45) is 9.03. The minimum Gasteiger partial charge on any atom is -0.354 e. The van der Waals surface area contributed by atoms with Gasteiger partial charge in [0.15, 0.2) is 0 Å². The summed E-state index contributed by atoms with van der Waals surface area (Å²) in [5.74, 6) is 0.116. The van der Waals surface area contributed by atoms with Gasteiger partial charge in [0.05, 0.1) is 17.9 Å². The highest BCUT2D eigenvalue weighted by atomic mass is 35.5. The van der Waals surface area contributed by atoms with Gasteiger partial charge < -0.3 is 16.0 Å². The van der Waals surface area contributed by atoms with Gasteiger partial charge in [-0.05, 0) is 37.8 Å². The predicted octanol–water partition coefficient (Wildman–Crippen LogP) is 1.83. The molecule has 4 heterocycles. The Morgan fingerprint density at radius 2 is 2.11 bits per heavy atom. The molecule has 154 valence electrons. The first-order valence-electron chi connectivity index (χ1n) is 9.17. The van der Waals surface area contributed by atoms with E-state index in [9.17, 15) is 4.79 Å². The van der Waals surface area contributed by atoms with Crippen LogP contribution >= 0.6 is 36.2 Å². The van der Waals surface area contributed by atoms with Crippen LogP contribution in [0, 0.1) is 5.41 Å². The molecule has 0 radical (unpaired) electrons. The van der Waals surface area contributed by atoms with Gasteiger partial charge in [-0.3, -0.25) is 14.8 Å². The first-order chi connectivity index (χ1) is 12.7. The average molecular weight is 445 g/mol. The molecule has 3 N–H and O–H groups in total. The molecule has 1 amide bonds. The molecule has 2 saturated heterocycles. The molecule has 0 saturated carbocycles. The molecule has 4 rings (SSSR count). The van der Waals surface area contributed by atoms with E-state index >= 15 is 0 Å². The topological polar surface area (TPSA) is 91.8 Å². The van der Waals surface area contributed by atoms with Gasteiger partial charge in [-0.15, -0.1) is 36.2 Å². The zero-order valence-corrected chi connectivity index (χ0v) is 18.0. The fourth-order valence-electron chi connectivity index (χ4n) is 3.83. The number of aromatic nitrogens is 3. The fraction of sp³-hybridized carbons (Fsp3) is 0.556. The van der Waals surface area contributed by atoms with Crippen LogP contribution in [0.4, 0.5) is 0 Å². The largest absolute Gasteiger partial charge is 0.354 e. The van der Waals surface area contributed by atoms with Gasteiger partial charge in [-0.1, -0.05) is 0 Å². The quantitative estimate of drug-likeness (QED) is 0.651. The van der Waals surface area contributed by atoms with E-state index < -0.39 is 0 Å². The third-order valence-corrected chi connectivity index (χ3v) is 6.27. The Balaban J connectivity index is 0.00000140. The Kier molecular flexibility index (Phi) is 8.57. The Labute approximate surface area is 181 Å². The average Bonchev–Trinajstić information content (AvgIpc) is 3.31. The maximum Gasteiger partial charge on any atom is 0.237 e. The van der Waals surface area contributed by atoms with Crippen LogP contribution in [0.25, 0.3) is 10.7 Å². The highest BCUT2D eigenvalue weighted by Gasteiger charge is 2.41. The lowest BCUT2D eigenvalue weighted by Crippen LogP contribution is -2.41. The van der Waals surface area contributed by atoms with Gasteiger partial charge in [0.25, 0.3) is 0 Å². The summed E-state index contributed by atoms with van der Waals surface area (Å²) in [5, 5.41) is 12.8.